The van der Waals surface area contributed by atoms with Crippen LogP contribution in [0.4, 0.5) is 13.2 Å². The van der Waals surface area contributed by atoms with Crippen molar-refractivity contribution in [1.29, 1.82) is 0 Å². The van der Waals surface area contributed by atoms with Crippen LogP contribution in [0.1, 0.15) is 21.7 Å². The summed E-state index contributed by atoms with van der Waals surface area (Å²) in [6.07, 6.45) is 0. The van der Waals surface area contributed by atoms with Crippen molar-refractivity contribution in [3.05, 3.63) is 17.0 Å². The number of carboxylic acids is 1. The molecule has 0 aliphatic carbocycles. The second-order valence-electron chi connectivity index (χ2n) is 4.08. The predicted molar refractivity (Wildman–Crippen MR) is 70.9 cm³/mol. The number of hydrogen-bond donors (Lipinski definition) is 3. The fraction of sp³-hybridized carbons (Fsp3) is 0.500. The van der Waals surface area contributed by atoms with Crippen LogP contribution in [-0.2, 0) is 10.0 Å². The van der Waals surface area contributed by atoms with Gasteiger partial charge in [-0.05, 0) is 25.6 Å². The molecule has 1 rings (SSSR count). The molecule has 120 valence electrons. The van der Waals surface area contributed by atoms with Crippen molar-refractivity contribution < 1.29 is 31.5 Å². The molecule has 1 aromatic heterocycles. The molecule has 0 atom stereocenters. The van der Waals surface area contributed by atoms with Crippen LogP contribution in [0.25, 0.3) is 0 Å². The highest BCUT2D eigenvalue weighted by Gasteiger charge is 2.29. The maximum absolute atomic E-state index is 12.0. The Hall–Kier alpha value is -1.20. The van der Waals surface area contributed by atoms with Crippen LogP contribution in [-0.4, -0.2) is 42.3 Å². The minimum Gasteiger partial charge on any atom is -0.477 e. The number of sulfonamides is 1. The number of carboxylic acid groups (broad SMARTS) is 1. The summed E-state index contributed by atoms with van der Waals surface area (Å²) in [5, 5.41) is 8.90. The van der Waals surface area contributed by atoms with Gasteiger partial charge in [-0.3, -0.25) is 0 Å². The van der Waals surface area contributed by atoms with Gasteiger partial charge in [-0.1, -0.05) is 0 Å². The van der Waals surface area contributed by atoms with Gasteiger partial charge in [0.05, 0.1) is 0 Å². The number of H-pyrrole nitrogens is 1. The molecule has 0 radical (unpaired) electrons. The topological polar surface area (TPSA) is 99.3 Å². The van der Waals surface area contributed by atoms with Gasteiger partial charge in [0.25, 0.3) is 0 Å². The molecule has 1 heterocycles. The first kappa shape index (κ1) is 17.9. The number of alkyl halides is 3. The summed E-state index contributed by atoms with van der Waals surface area (Å²) < 4.78 is 61.9. The Kier molecular flexibility index (Phi) is 5.34. The molecule has 11 heteroatoms. The third-order valence-corrected chi connectivity index (χ3v) is 4.98. The largest absolute Gasteiger partial charge is 0.477 e. The van der Waals surface area contributed by atoms with Crippen LogP contribution in [0.5, 0.6) is 0 Å². The van der Waals surface area contributed by atoms with Crippen LogP contribution in [0, 0.1) is 13.8 Å². The van der Waals surface area contributed by atoms with E-state index >= 15 is 0 Å². The van der Waals surface area contributed by atoms with Crippen LogP contribution in [0.15, 0.2) is 4.90 Å². The Morgan fingerprint density at radius 2 is 1.95 bits per heavy atom. The van der Waals surface area contributed by atoms with Gasteiger partial charge in [-0.25, -0.2) is 17.9 Å². The molecule has 0 saturated carbocycles. The number of aromatic amines is 1. The van der Waals surface area contributed by atoms with E-state index in [1.165, 1.54) is 13.8 Å². The lowest BCUT2D eigenvalue weighted by Crippen LogP contribution is -2.27. The lowest BCUT2D eigenvalue weighted by molar-refractivity contribution is -0.0327. The summed E-state index contributed by atoms with van der Waals surface area (Å²) in [4.78, 5) is 13.1. The van der Waals surface area contributed by atoms with E-state index in [2.05, 4.69) is 4.98 Å². The minimum atomic E-state index is -4.43. The van der Waals surface area contributed by atoms with Gasteiger partial charge in [-0.2, -0.15) is 13.2 Å². The monoisotopic (exact) mass is 346 g/mol. The molecular weight excluding hydrogens is 333 g/mol. The Balaban J connectivity index is 2.87. The highest BCUT2D eigenvalue weighted by molar-refractivity contribution is 8.00. The van der Waals surface area contributed by atoms with Gasteiger partial charge in [0.2, 0.25) is 10.0 Å². The molecule has 3 N–H and O–H groups in total. The van der Waals surface area contributed by atoms with Crippen LogP contribution < -0.4 is 4.72 Å². The first-order valence-corrected chi connectivity index (χ1v) is 8.05. The fourth-order valence-electron chi connectivity index (χ4n) is 1.76. The maximum Gasteiger partial charge on any atom is 0.441 e. The van der Waals surface area contributed by atoms with Crippen molar-refractivity contribution in [2.24, 2.45) is 0 Å². The van der Waals surface area contributed by atoms with Crippen LogP contribution in [0.2, 0.25) is 0 Å². The summed E-state index contributed by atoms with van der Waals surface area (Å²) in [5.74, 6) is -1.79. The third kappa shape index (κ3) is 4.64. The van der Waals surface area contributed by atoms with E-state index in [4.69, 9.17) is 5.11 Å². The third-order valence-electron chi connectivity index (χ3n) is 2.51. The summed E-state index contributed by atoms with van der Waals surface area (Å²) in [5.41, 5.74) is -4.57. The van der Waals surface area contributed by atoms with Crippen molar-refractivity contribution in [1.82, 2.24) is 9.71 Å². The van der Waals surface area contributed by atoms with Gasteiger partial charge in [0.15, 0.2) is 0 Å². The number of aromatic nitrogens is 1. The van der Waals surface area contributed by atoms with Gasteiger partial charge in [0.1, 0.15) is 10.6 Å². The molecule has 0 unspecified atom stereocenters. The molecule has 21 heavy (non-hydrogen) atoms. The number of aromatic carboxylic acids is 1. The summed E-state index contributed by atoms with van der Waals surface area (Å²) in [7, 11) is -4.08. The number of rotatable bonds is 6. The molecule has 0 aliphatic heterocycles. The second-order valence-corrected chi connectivity index (χ2v) is 6.94. The number of thioether (sulfide) groups is 1. The standard InChI is InChI=1S/C10H13F3N2O4S2/c1-5-7(9(16)17)15-6(2)8(5)21(18,19)14-3-4-20-10(11,12)13/h14-15H,3-4H2,1-2H3,(H,16,17). The van der Waals surface area contributed by atoms with E-state index in [0.29, 0.717) is 0 Å². The zero-order valence-corrected chi connectivity index (χ0v) is 12.7. The lowest BCUT2D eigenvalue weighted by atomic mass is 10.2. The molecule has 0 aromatic carbocycles. The molecule has 1 aromatic rings. The van der Waals surface area contributed by atoms with Gasteiger partial charge >= 0.3 is 11.5 Å². The molecule has 0 aliphatic rings. The lowest BCUT2D eigenvalue weighted by Gasteiger charge is -2.08. The zero-order valence-electron chi connectivity index (χ0n) is 11.0. The number of carbonyl (C=O) groups is 1. The van der Waals surface area contributed by atoms with E-state index in [1.54, 1.807) is 0 Å². The Morgan fingerprint density at radius 3 is 2.38 bits per heavy atom. The van der Waals surface area contributed by atoms with Gasteiger partial charge in [0, 0.05) is 23.6 Å². The summed E-state index contributed by atoms with van der Waals surface area (Å²) in [6, 6.07) is 0. The molecule has 0 saturated heterocycles. The molecule has 6 nitrogen and oxygen atoms in total. The Morgan fingerprint density at radius 1 is 1.38 bits per heavy atom. The average Bonchev–Trinajstić information content (AvgIpc) is 2.60. The van der Waals surface area contributed by atoms with Crippen molar-refractivity contribution in [2.45, 2.75) is 24.3 Å². The van der Waals surface area contributed by atoms with E-state index in [1.807, 2.05) is 4.72 Å². The van der Waals surface area contributed by atoms with E-state index in [-0.39, 0.29) is 33.6 Å². The smallest absolute Gasteiger partial charge is 0.441 e. The van der Waals surface area contributed by atoms with Crippen molar-refractivity contribution in [3.63, 3.8) is 0 Å². The number of halogens is 3. The van der Waals surface area contributed by atoms with E-state index < -0.39 is 33.8 Å². The van der Waals surface area contributed by atoms with E-state index in [0.717, 1.165) is 0 Å². The molecule has 0 amide bonds. The fourth-order valence-corrected chi connectivity index (χ4v) is 3.80. The maximum atomic E-state index is 12.0. The predicted octanol–water partition coefficient (Wildman–Crippen LogP) is 1.86. The van der Waals surface area contributed by atoms with Gasteiger partial charge < -0.3 is 10.1 Å². The van der Waals surface area contributed by atoms with Crippen molar-refractivity contribution in [2.75, 3.05) is 12.3 Å². The number of nitrogens with one attached hydrogen (secondary N) is 2. The van der Waals surface area contributed by atoms with E-state index in [9.17, 15) is 26.4 Å². The molecule has 0 fully saturated rings. The molecular formula is C10H13F3N2O4S2. The van der Waals surface area contributed by atoms with Gasteiger partial charge in [-0.15, -0.1) is 0 Å². The highest BCUT2D eigenvalue weighted by atomic mass is 32.2. The average molecular weight is 346 g/mol. The number of aryl methyl sites for hydroxylation is 1. The Bertz CT molecular complexity index is 637. The zero-order chi connectivity index (χ0) is 16.4. The Labute approximate surface area is 123 Å². The quantitative estimate of drug-likeness (QED) is 0.683. The van der Waals surface area contributed by atoms with Crippen LogP contribution >= 0.6 is 11.8 Å². The van der Waals surface area contributed by atoms with Crippen molar-refractivity contribution >= 4 is 27.8 Å². The first-order valence-electron chi connectivity index (χ1n) is 5.58. The summed E-state index contributed by atoms with van der Waals surface area (Å²) >= 11 is -0.341. The molecule has 0 bridgehead atoms. The summed E-state index contributed by atoms with van der Waals surface area (Å²) in [6.45, 7) is 2.27. The molecule has 0 spiro atoms. The number of hydrogen-bond acceptors (Lipinski definition) is 4. The van der Waals surface area contributed by atoms with Crippen molar-refractivity contribution in [3.8, 4) is 0 Å². The first-order chi connectivity index (χ1) is 9.46. The SMILES string of the molecule is Cc1[nH]c(C(=O)O)c(C)c1S(=O)(=O)NCCSC(F)(F)F. The minimum absolute atomic E-state index is 0.0102. The second kappa shape index (κ2) is 6.28. The normalized spacial score (nSPS) is 12.6. The van der Waals surface area contributed by atoms with Crippen LogP contribution in [0.3, 0.4) is 0 Å². The highest BCUT2D eigenvalue weighted by Crippen LogP contribution is 2.29.